The Morgan fingerprint density at radius 2 is 2.14 bits per heavy atom. The molecule has 1 atom stereocenters. The van der Waals surface area contributed by atoms with Gasteiger partial charge in [-0.15, -0.1) is 0 Å². The number of aryl methyl sites for hydroxylation is 1. The molecular weight excluding hydrogens is 174 g/mol. The number of carbonyl (C=O) groups excluding carboxylic acids is 1. The quantitative estimate of drug-likeness (QED) is 0.744. The zero-order chi connectivity index (χ0) is 13.1. The predicted molar refractivity (Wildman–Crippen MR) is 58.6 cm³/mol. The van der Waals surface area contributed by atoms with Crippen molar-refractivity contribution in [1.29, 1.82) is 0 Å². The molecule has 0 radical (unpaired) electrons. The van der Waals surface area contributed by atoms with Crippen LogP contribution in [0.15, 0.2) is 24.3 Å². The lowest BCUT2D eigenvalue weighted by molar-refractivity contribution is 0.0945. The second-order valence-electron chi connectivity index (χ2n) is 3.34. The van der Waals surface area contributed by atoms with Crippen LogP contribution in [0, 0.1) is 6.92 Å². The molecule has 1 rings (SSSR count). The summed E-state index contributed by atoms with van der Waals surface area (Å²) in [4.78, 5) is 12.1. The van der Waals surface area contributed by atoms with Gasteiger partial charge in [0.2, 0.25) is 0 Å². The molecule has 0 bridgehead atoms. The van der Waals surface area contributed by atoms with Gasteiger partial charge in [-0.3, -0.25) is 4.79 Å². The minimum Gasteiger partial charge on any atom is -0.310 e. The van der Waals surface area contributed by atoms with Crippen LogP contribution in [0.3, 0.4) is 0 Å². The Bertz CT molecular complexity index is 384. The first-order valence-electron chi connectivity index (χ1n) is 6.22. The van der Waals surface area contributed by atoms with Gasteiger partial charge in [-0.05, 0) is 20.3 Å². The standard InChI is InChI=1S/C12H17NO/c1-4-11(13-3)12(14)10-7-5-9(2)6-8-10/h5-8,11,13H,4H2,1-3H3/i3D3. The summed E-state index contributed by atoms with van der Waals surface area (Å²) in [5, 5.41) is 2.37. The molecule has 0 aliphatic rings. The Morgan fingerprint density at radius 3 is 2.64 bits per heavy atom. The van der Waals surface area contributed by atoms with Gasteiger partial charge in [0.05, 0.1) is 6.04 Å². The lowest BCUT2D eigenvalue weighted by atomic mass is 10.0. The number of carbonyl (C=O) groups is 1. The summed E-state index contributed by atoms with van der Waals surface area (Å²) in [5.74, 6) is -0.177. The largest absolute Gasteiger partial charge is 0.310 e. The molecule has 1 N–H and O–H groups in total. The topological polar surface area (TPSA) is 29.1 Å². The summed E-state index contributed by atoms with van der Waals surface area (Å²) in [7, 11) is 0. The first-order valence-corrected chi connectivity index (χ1v) is 4.72. The smallest absolute Gasteiger partial charge is 0.179 e. The molecule has 0 aliphatic heterocycles. The van der Waals surface area contributed by atoms with E-state index in [-0.39, 0.29) is 5.78 Å². The third kappa shape index (κ3) is 2.42. The van der Waals surface area contributed by atoms with Crippen molar-refractivity contribution in [3.05, 3.63) is 35.4 Å². The number of likely N-dealkylation sites (N-methyl/N-ethyl adjacent to an activating group) is 1. The van der Waals surface area contributed by atoms with Crippen molar-refractivity contribution in [1.82, 2.24) is 5.32 Å². The van der Waals surface area contributed by atoms with Crippen LogP contribution in [0.1, 0.15) is 33.4 Å². The van der Waals surface area contributed by atoms with E-state index in [0.29, 0.717) is 12.0 Å². The van der Waals surface area contributed by atoms with Crippen molar-refractivity contribution >= 4 is 5.78 Å². The number of nitrogens with one attached hydrogen (secondary N) is 1. The molecule has 1 aromatic carbocycles. The Morgan fingerprint density at radius 1 is 1.50 bits per heavy atom. The minimum absolute atomic E-state index is 0.177. The second-order valence-corrected chi connectivity index (χ2v) is 3.34. The molecule has 0 spiro atoms. The van der Waals surface area contributed by atoms with Crippen LogP contribution in [0.5, 0.6) is 0 Å². The Balaban J connectivity index is 2.83. The number of ketones is 1. The molecule has 14 heavy (non-hydrogen) atoms. The van der Waals surface area contributed by atoms with E-state index in [1.807, 2.05) is 19.1 Å². The van der Waals surface area contributed by atoms with E-state index in [2.05, 4.69) is 5.32 Å². The van der Waals surface area contributed by atoms with Crippen molar-refractivity contribution in [3.8, 4) is 0 Å². The zero-order valence-corrected chi connectivity index (χ0v) is 8.50. The maximum atomic E-state index is 12.1. The zero-order valence-electron chi connectivity index (χ0n) is 11.5. The summed E-state index contributed by atoms with van der Waals surface area (Å²) < 4.78 is 21.4. The van der Waals surface area contributed by atoms with Gasteiger partial charge >= 0.3 is 0 Å². The van der Waals surface area contributed by atoms with E-state index >= 15 is 0 Å². The van der Waals surface area contributed by atoms with Gasteiger partial charge in [-0.1, -0.05) is 36.8 Å². The van der Waals surface area contributed by atoms with Gasteiger partial charge in [0.15, 0.2) is 5.78 Å². The summed E-state index contributed by atoms with van der Waals surface area (Å²) in [6.45, 7) is 1.43. The van der Waals surface area contributed by atoms with E-state index in [1.54, 1.807) is 19.1 Å². The Labute approximate surface area is 89.5 Å². The molecule has 0 amide bonds. The van der Waals surface area contributed by atoms with E-state index in [0.717, 1.165) is 5.56 Å². The number of Topliss-reactive ketones (excluding diaryl/α,β-unsaturated/α-hetero) is 1. The predicted octanol–water partition coefficient (Wildman–Crippen LogP) is 2.18. The van der Waals surface area contributed by atoms with Crippen molar-refractivity contribution < 1.29 is 8.91 Å². The fourth-order valence-corrected chi connectivity index (χ4v) is 1.27. The number of benzene rings is 1. The lowest BCUT2D eigenvalue weighted by Crippen LogP contribution is -2.33. The summed E-state index contributed by atoms with van der Waals surface area (Å²) in [6.07, 6.45) is 0.450. The molecule has 0 heterocycles. The first kappa shape index (κ1) is 7.18. The molecule has 2 nitrogen and oxygen atoms in total. The highest BCUT2D eigenvalue weighted by molar-refractivity contribution is 6.00. The highest BCUT2D eigenvalue weighted by atomic mass is 16.1. The van der Waals surface area contributed by atoms with Crippen LogP contribution in [-0.4, -0.2) is 18.8 Å². The van der Waals surface area contributed by atoms with Gasteiger partial charge in [-0.2, -0.15) is 0 Å². The van der Waals surface area contributed by atoms with Gasteiger partial charge in [0.1, 0.15) is 0 Å². The highest BCUT2D eigenvalue weighted by Gasteiger charge is 2.15. The summed E-state index contributed by atoms with van der Waals surface area (Å²) in [5.41, 5.74) is 1.61. The minimum atomic E-state index is -2.29. The number of rotatable bonds is 4. The highest BCUT2D eigenvalue weighted by Crippen LogP contribution is 2.07. The molecule has 76 valence electrons. The second kappa shape index (κ2) is 4.91. The van der Waals surface area contributed by atoms with E-state index in [4.69, 9.17) is 4.11 Å². The van der Waals surface area contributed by atoms with Gasteiger partial charge < -0.3 is 5.32 Å². The third-order valence-corrected chi connectivity index (χ3v) is 2.24. The van der Waals surface area contributed by atoms with Crippen LogP contribution >= 0.6 is 0 Å². The van der Waals surface area contributed by atoms with Crippen molar-refractivity contribution in [2.75, 3.05) is 6.98 Å². The van der Waals surface area contributed by atoms with E-state index in [1.165, 1.54) is 0 Å². The van der Waals surface area contributed by atoms with Crippen LogP contribution in [0.4, 0.5) is 0 Å². The van der Waals surface area contributed by atoms with E-state index in [9.17, 15) is 4.79 Å². The molecule has 1 aromatic rings. The SMILES string of the molecule is [2H]C([2H])([2H])NC(CC)C(=O)c1ccc(C)cc1. The van der Waals surface area contributed by atoms with Crippen molar-refractivity contribution in [2.45, 2.75) is 26.3 Å². The molecule has 0 aliphatic carbocycles. The number of hydrogen-bond donors (Lipinski definition) is 1. The number of hydrogen-bond acceptors (Lipinski definition) is 2. The molecule has 0 saturated carbocycles. The Kier molecular flexibility index (Phi) is 2.52. The van der Waals surface area contributed by atoms with Crippen LogP contribution in [0.2, 0.25) is 0 Å². The molecular formula is C12H17NO. The summed E-state index contributed by atoms with van der Waals surface area (Å²) >= 11 is 0. The van der Waals surface area contributed by atoms with Gasteiger partial charge in [-0.25, -0.2) is 0 Å². The normalized spacial score (nSPS) is 16.6. The first-order chi connectivity index (χ1) is 7.83. The molecule has 2 heteroatoms. The molecule has 0 aromatic heterocycles. The monoisotopic (exact) mass is 194 g/mol. The maximum absolute atomic E-state index is 12.1. The molecule has 0 fully saturated rings. The van der Waals surface area contributed by atoms with Crippen molar-refractivity contribution in [2.24, 2.45) is 0 Å². The average Bonchev–Trinajstić information content (AvgIpc) is 2.25. The Hall–Kier alpha value is -1.15. The van der Waals surface area contributed by atoms with Crippen molar-refractivity contribution in [3.63, 3.8) is 0 Å². The maximum Gasteiger partial charge on any atom is 0.179 e. The fraction of sp³-hybridized carbons (Fsp3) is 0.417. The molecule has 0 saturated heterocycles. The molecule has 1 unspecified atom stereocenters. The van der Waals surface area contributed by atoms with Gasteiger partial charge in [0, 0.05) is 9.68 Å². The average molecular weight is 194 g/mol. The van der Waals surface area contributed by atoms with Crippen LogP contribution in [0.25, 0.3) is 0 Å². The van der Waals surface area contributed by atoms with Crippen LogP contribution < -0.4 is 5.32 Å². The van der Waals surface area contributed by atoms with Crippen LogP contribution in [-0.2, 0) is 0 Å². The summed E-state index contributed by atoms with van der Waals surface area (Å²) in [6, 6.07) is 6.47. The lowest BCUT2D eigenvalue weighted by Gasteiger charge is -2.12. The van der Waals surface area contributed by atoms with E-state index < -0.39 is 13.0 Å². The fourth-order valence-electron chi connectivity index (χ4n) is 1.27. The van der Waals surface area contributed by atoms with Gasteiger partial charge in [0.25, 0.3) is 0 Å². The third-order valence-electron chi connectivity index (χ3n) is 2.24.